The third-order valence-corrected chi connectivity index (χ3v) is 1.78. The quantitative estimate of drug-likeness (QED) is 0.599. The zero-order chi connectivity index (χ0) is 9.84. The number of ether oxygens (including phenoxy) is 1. The fraction of sp³-hybridized carbons (Fsp3) is 0.500. The second kappa shape index (κ2) is 4.28. The van der Waals surface area contributed by atoms with Crippen LogP contribution in [0.25, 0.3) is 0 Å². The average Bonchev–Trinajstić information content (AvgIpc) is 2.47. The van der Waals surface area contributed by atoms with Crippen molar-refractivity contribution in [3.8, 4) is 0 Å². The predicted octanol–water partition coefficient (Wildman–Crippen LogP) is 1.63. The van der Waals surface area contributed by atoms with E-state index in [9.17, 15) is 4.79 Å². The number of H-pyrrole nitrogens is 1. The first-order valence-electron chi connectivity index (χ1n) is 3.97. The summed E-state index contributed by atoms with van der Waals surface area (Å²) >= 11 is 5.55. The van der Waals surface area contributed by atoms with Crippen LogP contribution in [0.5, 0.6) is 0 Å². The van der Waals surface area contributed by atoms with Crippen LogP contribution >= 0.6 is 11.6 Å². The van der Waals surface area contributed by atoms with Crippen LogP contribution in [-0.4, -0.2) is 22.5 Å². The largest absolute Gasteiger partial charge is 0.461 e. The number of nitrogens with one attached hydrogen (secondary N) is 1. The Labute approximate surface area is 81.3 Å². The molecule has 13 heavy (non-hydrogen) atoms. The lowest BCUT2D eigenvalue weighted by atomic mass is 10.3. The zero-order valence-corrected chi connectivity index (χ0v) is 8.31. The topological polar surface area (TPSA) is 55.0 Å². The van der Waals surface area contributed by atoms with Crippen molar-refractivity contribution in [2.45, 2.75) is 19.7 Å². The number of esters is 1. The van der Waals surface area contributed by atoms with Gasteiger partial charge in [0.1, 0.15) is 5.82 Å². The lowest BCUT2D eigenvalue weighted by Crippen LogP contribution is -2.06. The first kappa shape index (κ1) is 10.1. The SMILES string of the molecule is CCOC(=O)c1nc(CCl)[nH]c1C. The number of imidazole rings is 1. The van der Waals surface area contributed by atoms with Crippen molar-refractivity contribution in [3.63, 3.8) is 0 Å². The third-order valence-electron chi connectivity index (χ3n) is 1.53. The van der Waals surface area contributed by atoms with E-state index in [-0.39, 0.29) is 5.88 Å². The van der Waals surface area contributed by atoms with Crippen molar-refractivity contribution in [1.29, 1.82) is 0 Å². The van der Waals surface area contributed by atoms with Crippen molar-refractivity contribution in [2.75, 3.05) is 6.61 Å². The highest BCUT2D eigenvalue weighted by Gasteiger charge is 2.14. The van der Waals surface area contributed by atoms with E-state index in [1.165, 1.54) is 0 Å². The van der Waals surface area contributed by atoms with E-state index >= 15 is 0 Å². The molecule has 1 aromatic heterocycles. The lowest BCUT2D eigenvalue weighted by Gasteiger charge is -1.97. The standard InChI is InChI=1S/C8H11ClN2O2/c1-3-13-8(12)7-5(2)10-6(4-9)11-7/h3-4H2,1-2H3,(H,10,11). The predicted molar refractivity (Wildman–Crippen MR) is 48.8 cm³/mol. The van der Waals surface area contributed by atoms with Gasteiger partial charge >= 0.3 is 5.97 Å². The number of halogens is 1. The van der Waals surface area contributed by atoms with Gasteiger partial charge < -0.3 is 9.72 Å². The number of alkyl halides is 1. The molecule has 0 aliphatic heterocycles. The first-order chi connectivity index (χ1) is 6.19. The molecule has 0 amide bonds. The Morgan fingerprint density at radius 1 is 1.69 bits per heavy atom. The molecular formula is C8H11ClN2O2. The molecule has 5 heteroatoms. The molecule has 0 fully saturated rings. The van der Waals surface area contributed by atoms with Gasteiger partial charge in [0.2, 0.25) is 0 Å². The normalized spacial score (nSPS) is 10.1. The number of carbonyl (C=O) groups is 1. The number of hydrogen-bond acceptors (Lipinski definition) is 3. The summed E-state index contributed by atoms with van der Waals surface area (Å²) in [4.78, 5) is 18.1. The molecule has 0 spiro atoms. The van der Waals surface area contributed by atoms with E-state index in [0.29, 0.717) is 23.8 Å². The van der Waals surface area contributed by atoms with Crippen molar-refractivity contribution < 1.29 is 9.53 Å². The van der Waals surface area contributed by atoms with E-state index in [4.69, 9.17) is 16.3 Å². The van der Waals surface area contributed by atoms with Gasteiger partial charge in [-0.2, -0.15) is 0 Å². The molecule has 0 radical (unpaired) electrons. The van der Waals surface area contributed by atoms with Gasteiger partial charge in [-0.15, -0.1) is 11.6 Å². The number of aryl methyl sites for hydroxylation is 1. The lowest BCUT2D eigenvalue weighted by molar-refractivity contribution is 0.0519. The molecule has 0 atom stereocenters. The first-order valence-corrected chi connectivity index (χ1v) is 4.51. The Morgan fingerprint density at radius 3 is 2.85 bits per heavy atom. The number of carbonyl (C=O) groups excluding carboxylic acids is 1. The van der Waals surface area contributed by atoms with Crippen LogP contribution in [0, 0.1) is 6.92 Å². The zero-order valence-electron chi connectivity index (χ0n) is 7.56. The molecule has 1 N–H and O–H groups in total. The van der Waals surface area contributed by atoms with Crippen molar-refractivity contribution in [2.24, 2.45) is 0 Å². The highest BCUT2D eigenvalue weighted by atomic mass is 35.5. The second-order valence-electron chi connectivity index (χ2n) is 2.51. The Balaban J connectivity index is 2.87. The maximum absolute atomic E-state index is 11.2. The number of nitrogens with zero attached hydrogens (tertiary/aromatic N) is 1. The van der Waals surface area contributed by atoms with Crippen LogP contribution in [0.15, 0.2) is 0 Å². The van der Waals surface area contributed by atoms with Gasteiger partial charge in [0.25, 0.3) is 0 Å². The van der Waals surface area contributed by atoms with E-state index in [1.54, 1.807) is 13.8 Å². The van der Waals surface area contributed by atoms with Gasteiger partial charge in [0.05, 0.1) is 12.5 Å². The Bertz CT molecular complexity index is 309. The van der Waals surface area contributed by atoms with Crippen LogP contribution < -0.4 is 0 Å². The number of hydrogen-bond donors (Lipinski definition) is 1. The molecule has 4 nitrogen and oxygen atoms in total. The van der Waals surface area contributed by atoms with Crippen LogP contribution in [-0.2, 0) is 10.6 Å². The Hall–Kier alpha value is -1.03. The van der Waals surface area contributed by atoms with Crippen LogP contribution in [0.3, 0.4) is 0 Å². The van der Waals surface area contributed by atoms with Gasteiger partial charge in [-0.1, -0.05) is 0 Å². The fourth-order valence-electron chi connectivity index (χ4n) is 0.984. The smallest absolute Gasteiger partial charge is 0.358 e. The Kier molecular flexibility index (Phi) is 3.31. The van der Waals surface area contributed by atoms with Crippen LogP contribution in [0.1, 0.15) is 28.9 Å². The molecule has 0 saturated heterocycles. The highest BCUT2D eigenvalue weighted by molar-refractivity contribution is 6.16. The Morgan fingerprint density at radius 2 is 2.38 bits per heavy atom. The molecule has 1 aromatic rings. The van der Waals surface area contributed by atoms with Gasteiger partial charge in [0.15, 0.2) is 5.69 Å². The second-order valence-corrected chi connectivity index (χ2v) is 2.78. The summed E-state index contributed by atoms with van der Waals surface area (Å²) in [5.41, 5.74) is 1.01. The summed E-state index contributed by atoms with van der Waals surface area (Å²) in [7, 11) is 0. The highest BCUT2D eigenvalue weighted by Crippen LogP contribution is 2.08. The molecule has 0 unspecified atom stereocenters. The van der Waals surface area contributed by atoms with Gasteiger partial charge in [-0.25, -0.2) is 9.78 Å². The van der Waals surface area contributed by atoms with Crippen molar-refractivity contribution in [1.82, 2.24) is 9.97 Å². The maximum atomic E-state index is 11.2. The summed E-state index contributed by atoms with van der Waals surface area (Å²) in [6.07, 6.45) is 0. The molecule has 0 saturated carbocycles. The molecule has 0 bridgehead atoms. The molecule has 1 rings (SSSR count). The summed E-state index contributed by atoms with van der Waals surface area (Å²) in [6.45, 7) is 3.86. The van der Waals surface area contributed by atoms with Gasteiger partial charge in [-0.05, 0) is 13.8 Å². The van der Waals surface area contributed by atoms with E-state index in [0.717, 1.165) is 0 Å². The molecule has 0 aliphatic rings. The number of aromatic nitrogens is 2. The minimum atomic E-state index is -0.410. The van der Waals surface area contributed by atoms with Crippen LogP contribution in [0.2, 0.25) is 0 Å². The summed E-state index contributed by atoms with van der Waals surface area (Å²) < 4.78 is 4.80. The van der Waals surface area contributed by atoms with Gasteiger partial charge in [0, 0.05) is 5.69 Å². The monoisotopic (exact) mass is 202 g/mol. The number of rotatable bonds is 3. The minimum Gasteiger partial charge on any atom is -0.461 e. The summed E-state index contributed by atoms with van der Waals surface area (Å²) in [5, 5.41) is 0. The van der Waals surface area contributed by atoms with Crippen molar-refractivity contribution >= 4 is 17.6 Å². The van der Waals surface area contributed by atoms with E-state index < -0.39 is 5.97 Å². The molecule has 0 aromatic carbocycles. The molecule has 72 valence electrons. The molecule has 1 heterocycles. The van der Waals surface area contributed by atoms with Gasteiger partial charge in [-0.3, -0.25) is 0 Å². The van der Waals surface area contributed by atoms with Crippen molar-refractivity contribution in [3.05, 3.63) is 17.2 Å². The number of aromatic amines is 1. The van der Waals surface area contributed by atoms with Crippen LogP contribution in [0.4, 0.5) is 0 Å². The fourth-order valence-corrected chi connectivity index (χ4v) is 1.11. The maximum Gasteiger partial charge on any atom is 0.358 e. The van der Waals surface area contributed by atoms with E-state index in [1.807, 2.05) is 0 Å². The minimum absolute atomic E-state index is 0.264. The van der Waals surface area contributed by atoms with E-state index in [2.05, 4.69) is 9.97 Å². The average molecular weight is 203 g/mol. The summed E-state index contributed by atoms with van der Waals surface area (Å²) in [6, 6.07) is 0. The summed E-state index contributed by atoms with van der Waals surface area (Å²) in [5.74, 6) is 0.440. The molecule has 0 aliphatic carbocycles. The third kappa shape index (κ3) is 2.21. The molecular weight excluding hydrogens is 192 g/mol.